The first kappa shape index (κ1) is 11.0. The van der Waals surface area contributed by atoms with Crippen molar-refractivity contribution in [3.63, 3.8) is 0 Å². The predicted octanol–water partition coefficient (Wildman–Crippen LogP) is 1.91. The minimum absolute atomic E-state index is 0.241. The van der Waals surface area contributed by atoms with Crippen LogP contribution in [0, 0.1) is 11.3 Å². The van der Waals surface area contributed by atoms with Crippen molar-refractivity contribution in [2.24, 2.45) is 17.1 Å². The van der Waals surface area contributed by atoms with Crippen molar-refractivity contribution in [1.29, 1.82) is 0 Å². The second-order valence-electron chi connectivity index (χ2n) is 4.54. The average Bonchev–Trinajstić information content (AvgIpc) is 2.31. The van der Waals surface area contributed by atoms with Crippen LogP contribution in [0.3, 0.4) is 0 Å². The summed E-state index contributed by atoms with van der Waals surface area (Å²) in [6.45, 7) is 3.34. The smallest absolute Gasteiger partial charge is 0.0436 e. The van der Waals surface area contributed by atoms with Crippen LogP contribution >= 0.6 is 0 Å². The Labute approximate surface area is 81.5 Å². The molecule has 0 radical (unpaired) electrons. The Morgan fingerprint density at radius 2 is 2.15 bits per heavy atom. The molecule has 1 fully saturated rings. The maximum absolute atomic E-state index is 9.07. The van der Waals surface area contributed by atoms with Gasteiger partial charge in [-0.1, -0.05) is 32.6 Å². The lowest BCUT2D eigenvalue weighted by molar-refractivity contribution is 0.114. The van der Waals surface area contributed by atoms with Crippen molar-refractivity contribution in [1.82, 2.24) is 0 Å². The molecule has 2 atom stereocenters. The third kappa shape index (κ3) is 2.44. The highest BCUT2D eigenvalue weighted by atomic mass is 16.3. The summed E-state index contributed by atoms with van der Waals surface area (Å²) in [5, 5.41) is 9.07. The molecule has 78 valence electrons. The highest BCUT2D eigenvalue weighted by Gasteiger charge is 2.34. The van der Waals surface area contributed by atoms with Gasteiger partial charge in [-0.05, 0) is 30.7 Å². The molecule has 0 bridgehead atoms. The summed E-state index contributed by atoms with van der Waals surface area (Å²) >= 11 is 0. The molecule has 0 aromatic rings. The van der Waals surface area contributed by atoms with Gasteiger partial charge in [0, 0.05) is 6.61 Å². The zero-order chi connectivity index (χ0) is 9.73. The molecule has 0 aromatic carbocycles. The lowest BCUT2D eigenvalue weighted by Crippen LogP contribution is -2.37. The quantitative estimate of drug-likeness (QED) is 0.660. The molecular formula is C11H23NO. The van der Waals surface area contributed by atoms with Crippen molar-refractivity contribution in [3.05, 3.63) is 0 Å². The normalized spacial score (nSPS) is 35.8. The first-order valence-corrected chi connectivity index (χ1v) is 5.56. The van der Waals surface area contributed by atoms with Crippen molar-refractivity contribution in [2.75, 3.05) is 13.2 Å². The molecule has 2 nitrogen and oxygen atoms in total. The van der Waals surface area contributed by atoms with E-state index in [2.05, 4.69) is 6.92 Å². The van der Waals surface area contributed by atoms with Gasteiger partial charge in [-0.3, -0.25) is 0 Å². The Kier molecular flexibility index (Phi) is 4.20. The van der Waals surface area contributed by atoms with Crippen LogP contribution in [0.4, 0.5) is 0 Å². The summed E-state index contributed by atoms with van der Waals surface area (Å²) in [4.78, 5) is 0. The van der Waals surface area contributed by atoms with E-state index in [4.69, 9.17) is 10.8 Å². The fraction of sp³-hybridized carbons (Fsp3) is 1.00. The van der Waals surface area contributed by atoms with Gasteiger partial charge in [0.15, 0.2) is 0 Å². The molecule has 3 N–H and O–H groups in total. The Bertz CT molecular complexity index is 149. The van der Waals surface area contributed by atoms with Crippen molar-refractivity contribution in [3.8, 4) is 0 Å². The van der Waals surface area contributed by atoms with Gasteiger partial charge in [-0.15, -0.1) is 0 Å². The first-order valence-electron chi connectivity index (χ1n) is 5.56. The van der Waals surface area contributed by atoms with Crippen molar-refractivity contribution < 1.29 is 5.11 Å². The maximum Gasteiger partial charge on any atom is 0.0436 e. The molecule has 0 aliphatic heterocycles. The summed E-state index contributed by atoms with van der Waals surface area (Å²) in [5.41, 5.74) is 6.11. The van der Waals surface area contributed by atoms with Gasteiger partial charge in [-0.2, -0.15) is 0 Å². The van der Waals surface area contributed by atoms with Gasteiger partial charge >= 0.3 is 0 Å². The molecular weight excluding hydrogens is 162 g/mol. The van der Waals surface area contributed by atoms with Gasteiger partial charge in [0.05, 0.1) is 0 Å². The Morgan fingerprint density at radius 3 is 2.77 bits per heavy atom. The van der Waals surface area contributed by atoms with Gasteiger partial charge in [0.25, 0.3) is 0 Å². The predicted molar refractivity (Wildman–Crippen MR) is 55.4 cm³/mol. The van der Waals surface area contributed by atoms with Crippen LogP contribution in [0.15, 0.2) is 0 Å². The Morgan fingerprint density at radius 1 is 1.38 bits per heavy atom. The van der Waals surface area contributed by atoms with E-state index in [9.17, 15) is 0 Å². The third-order valence-corrected chi connectivity index (χ3v) is 3.87. The van der Waals surface area contributed by atoms with Crippen LogP contribution < -0.4 is 5.73 Å². The Balaban J connectivity index is 2.66. The van der Waals surface area contributed by atoms with Crippen LogP contribution in [0.25, 0.3) is 0 Å². The molecule has 13 heavy (non-hydrogen) atoms. The zero-order valence-electron chi connectivity index (χ0n) is 8.76. The van der Waals surface area contributed by atoms with Crippen LogP contribution in [-0.2, 0) is 0 Å². The molecule has 0 aromatic heterocycles. The molecule has 2 unspecified atom stereocenters. The summed E-state index contributed by atoms with van der Waals surface area (Å²) in [5.74, 6) is 0.687. The number of nitrogens with two attached hydrogens (primary N) is 1. The van der Waals surface area contributed by atoms with E-state index in [1.807, 2.05) is 0 Å². The van der Waals surface area contributed by atoms with Crippen LogP contribution in [0.2, 0.25) is 0 Å². The molecule has 2 heteroatoms. The minimum atomic E-state index is 0.241. The van der Waals surface area contributed by atoms with Crippen molar-refractivity contribution >= 4 is 0 Å². The summed E-state index contributed by atoms with van der Waals surface area (Å²) in [7, 11) is 0. The second-order valence-corrected chi connectivity index (χ2v) is 4.54. The number of aliphatic hydroxyl groups excluding tert-OH is 1. The van der Waals surface area contributed by atoms with Gasteiger partial charge in [0.2, 0.25) is 0 Å². The van der Waals surface area contributed by atoms with Gasteiger partial charge in [-0.25, -0.2) is 0 Å². The lowest BCUT2D eigenvalue weighted by atomic mass is 9.70. The summed E-state index contributed by atoms with van der Waals surface area (Å²) in [6, 6.07) is 0. The lowest BCUT2D eigenvalue weighted by Gasteiger charge is -2.36. The van der Waals surface area contributed by atoms with E-state index in [1.54, 1.807) is 0 Å². The van der Waals surface area contributed by atoms with E-state index in [-0.39, 0.29) is 5.41 Å². The van der Waals surface area contributed by atoms with Gasteiger partial charge < -0.3 is 10.8 Å². The number of hydrogen-bond acceptors (Lipinski definition) is 2. The number of hydrogen-bond donors (Lipinski definition) is 2. The standard InChI is InChI=1S/C11H23NO/c1-10-5-3-2-4-6-11(10,9-12)7-8-13/h10,13H,2-9,12H2,1H3. The summed E-state index contributed by atoms with van der Waals surface area (Å²) < 4.78 is 0. The largest absolute Gasteiger partial charge is 0.396 e. The van der Waals surface area contributed by atoms with E-state index in [0.29, 0.717) is 12.5 Å². The maximum atomic E-state index is 9.07. The first-order chi connectivity index (χ1) is 6.25. The van der Waals surface area contributed by atoms with Crippen LogP contribution in [0.1, 0.15) is 45.4 Å². The van der Waals surface area contributed by atoms with Crippen LogP contribution in [-0.4, -0.2) is 18.3 Å². The number of rotatable bonds is 3. The minimum Gasteiger partial charge on any atom is -0.396 e. The second kappa shape index (κ2) is 4.97. The monoisotopic (exact) mass is 185 g/mol. The molecule has 1 saturated carbocycles. The van der Waals surface area contributed by atoms with E-state index in [0.717, 1.165) is 13.0 Å². The molecule has 0 amide bonds. The molecule has 1 aliphatic carbocycles. The zero-order valence-corrected chi connectivity index (χ0v) is 8.76. The highest BCUT2D eigenvalue weighted by molar-refractivity contribution is 4.87. The van der Waals surface area contributed by atoms with E-state index < -0.39 is 0 Å². The SMILES string of the molecule is CC1CCCCCC1(CN)CCO. The molecule has 1 aliphatic rings. The topological polar surface area (TPSA) is 46.2 Å². The van der Waals surface area contributed by atoms with Crippen LogP contribution in [0.5, 0.6) is 0 Å². The number of aliphatic hydroxyl groups is 1. The fourth-order valence-corrected chi connectivity index (χ4v) is 2.66. The highest BCUT2D eigenvalue weighted by Crippen LogP contribution is 2.41. The Hall–Kier alpha value is -0.0800. The van der Waals surface area contributed by atoms with E-state index in [1.165, 1.54) is 32.1 Å². The molecule has 0 heterocycles. The molecule has 0 spiro atoms. The van der Waals surface area contributed by atoms with Crippen molar-refractivity contribution in [2.45, 2.75) is 45.4 Å². The summed E-state index contributed by atoms with van der Waals surface area (Å²) in [6.07, 6.45) is 7.38. The third-order valence-electron chi connectivity index (χ3n) is 3.87. The average molecular weight is 185 g/mol. The molecule has 1 rings (SSSR count). The fourth-order valence-electron chi connectivity index (χ4n) is 2.66. The van der Waals surface area contributed by atoms with Gasteiger partial charge in [0.1, 0.15) is 0 Å². The molecule has 0 saturated heterocycles. The van der Waals surface area contributed by atoms with E-state index >= 15 is 0 Å².